The first-order valence-electron chi connectivity index (χ1n) is 5.57. The largest absolute Gasteiger partial charge is 0.395 e. The molecule has 0 bridgehead atoms. The highest BCUT2D eigenvalue weighted by Gasteiger charge is 2.18. The summed E-state index contributed by atoms with van der Waals surface area (Å²) in [5.74, 6) is -0.210. The number of rotatable bonds is 6. The molecule has 0 aliphatic rings. The monoisotopic (exact) mass is 290 g/mol. The third-order valence-corrected chi connectivity index (χ3v) is 4.75. The quantitative estimate of drug-likeness (QED) is 0.798. The van der Waals surface area contributed by atoms with Gasteiger partial charge in [-0.15, -0.1) is 0 Å². The summed E-state index contributed by atoms with van der Waals surface area (Å²) in [4.78, 5) is 23.1. The molecule has 2 unspecified atom stereocenters. The van der Waals surface area contributed by atoms with E-state index in [2.05, 4.69) is 5.32 Å². The lowest BCUT2D eigenvalue weighted by Gasteiger charge is -2.21. The van der Waals surface area contributed by atoms with Gasteiger partial charge in [0.1, 0.15) is 6.54 Å². The van der Waals surface area contributed by atoms with Crippen molar-refractivity contribution >= 4 is 29.0 Å². The summed E-state index contributed by atoms with van der Waals surface area (Å²) < 4.78 is 1.44. The van der Waals surface area contributed by atoms with Crippen LogP contribution in [0.4, 0.5) is 0 Å². The number of carbonyl (C=O) groups excluding carboxylic acids is 1. The van der Waals surface area contributed by atoms with Crippen LogP contribution in [0.15, 0.2) is 10.2 Å². The molecule has 102 valence electrons. The van der Waals surface area contributed by atoms with Gasteiger partial charge in [-0.3, -0.25) is 14.2 Å². The number of aryl methyl sites for hydroxylation is 1. The van der Waals surface area contributed by atoms with Crippen LogP contribution in [0.1, 0.15) is 12.6 Å². The van der Waals surface area contributed by atoms with E-state index >= 15 is 0 Å². The predicted molar refractivity (Wildman–Crippen MR) is 75.3 cm³/mol. The number of aromatic nitrogens is 1. The zero-order valence-corrected chi connectivity index (χ0v) is 12.3. The van der Waals surface area contributed by atoms with Gasteiger partial charge < -0.3 is 10.4 Å². The van der Waals surface area contributed by atoms with Crippen LogP contribution in [0, 0.1) is 6.92 Å². The van der Waals surface area contributed by atoms with Crippen LogP contribution < -0.4 is 10.2 Å². The van der Waals surface area contributed by atoms with Crippen molar-refractivity contribution in [3.8, 4) is 0 Å². The van der Waals surface area contributed by atoms with Crippen LogP contribution in [-0.4, -0.2) is 39.7 Å². The van der Waals surface area contributed by atoms with Crippen LogP contribution in [0.25, 0.3) is 0 Å². The van der Waals surface area contributed by atoms with E-state index in [0.29, 0.717) is 0 Å². The Morgan fingerprint density at radius 3 is 2.78 bits per heavy atom. The predicted octanol–water partition coefficient (Wildman–Crippen LogP) is 0.447. The van der Waals surface area contributed by atoms with Gasteiger partial charge in [0.25, 0.3) is 0 Å². The molecule has 0 aliphatic heterocycles. The van der Waals surface area contributed by atoms with Crippen molar-refractivity contribution < 1.29 is 9.90 Å². The number of nitrogens with one attached hydrogen (secondary N) is 1. The molecular weight excluding hydrogens is 272 g/mol. The molecule has 1 amide bonds. The molecule has 0 spiro atoms. The number of amides is 1. The Bertz CT molecular complexity index is 451. The molecule has 0 saturated carbocycles. The molecule has 5 nitrogen and oxygen atoms in total. The molecule has 0 aromatic carbocycles. The first-order chi connectivity index (χ1) is 8.49. The molecule has 1 rings (SSSR count). The van der Waals surface area contributed by atoms with Crippen molar-refractivity contribution in [2.24, 2.45) is 0 Å². The third kappa shape index (κ3) is 3.86. The summed E-state index contributed by atoms with van der Waals surface area (Å²) in [5.41, 5.74) is 0.788. The van der Waals surface area contributed by atoms with Crippen LogP contribution in [0.2, 0.25) is 0 Å². The topological polar surface area (TPSA) is 71.3 Å². The fraction of sp³-hybridized carbons (Fsp3) is 0.636. The maximum atomic E-state index is 11.8. The number of carbonyl (C=O) groups is 1. The van der Waals surface area contributed by atoms with Gasteiger partial charge in [0.15, 0.2) is 0 Å². The van der Waals surface area contributed by atoms with Crippen molar-refractivity contribution in [2.75, 3.05) is 12.9 Å². The molecule has 0 fully saturated rings. The van der Waals surface area contributed by atoms with Crippen molar-refractivity contribution in [1.29, 1.82) is 0 Å². The number of aliphatic hydroxyl groups excluding tert-OH is 1. The first kappa shape index (κ1) is 15.3. The minimum Gasteiger partial charge on any atom is -0.395 e. The second kappa shape index (κ2) is 6.96. The van der Waals surface area contributed by atoms with E-state index in [1.54, 1.807) is 12.3 Å². The van der Waals surface area contributed by atoms with Crippen molar-refractivity contribution in [3.63, 3.8) is 0 Å². The maximum Gasteiger partial charge on any atom is 0.307 e. The Morgan fingerprint density at radius 2 is 2.33 bits per heavy atom. The van der Waals surface area contributed by atoms with Gasteiger partial charge in [0.05, 0.1) is 6.61 Å². The smallest absolute Gasteiger partial charge is 0.307 e. The molecule has 1 heterocycles. The fourth-order valence-electron chi connectivity index (χ4n) is 1.57. The average Bonchev–Trinajstić information content (AvgIpc) is 2.62. The number of nitrogens with zero attached hydrogens (tertiary/aromatic N) is 1. The van der Waals surface area contributed by atoms with E-state index in [4.69, 9.17) is 5.11 Å². The van der Waals surface area contributed by atoms with Crippen molar-refractivity contribution in [3.05, 3.63) is 20.7 Å². The molecule has 0 saturated heterocycles. The number of aliphatic hydroxyl groups is 1. The Kier molecular flexibility index (Phi) is 5.90. The minimum absolute atomic E-state index is 0.0139. The highest BCUT2D eigenvalue weighted by molar-refractivity contribution is 7.99. The second-order valence-electron chi connectivity index (χ2n) is 4.04. The Labute approximate surface area is 114 Å². The summed E-state index contributed by atoms with van der Waals surface area (Å²) in [6.45, 7) is 3.69. The molecule has 7 heteroatoms. The van der Waals surface area contributed by atoms with E-state index in [9.17, 15) is 9.59 Å². The Balaban J connectivity index is 2.60. The molecule has 18 heavy (non-hydrogen) atoms. The zero-order chi connectivity index (χ0) is 13.7. The van der Waals surface area contributed by atoms with Gasteiger partial charge in [0.2, 0.25) is 5.91 Å². The maximum absolute atomic E-state index is 11.8. The number of thiazole rings is 1. The average molecular weight is 290 g/mol. The standard InChI is InChI=1S/C11H18N2O3S2/c1-7-6-18-11(16)13(7)4-10(15)12-8(2)9(5-14)17-3/h6,8-9,14H,4-5H2,1-3H3,(H,12,15). The number of thioether (sulfide) groups is 1. The number of hydrogen-bond donors (Lipinski definition) is 2. The minimum atomic E-state index is -0.210. The van der Waals surface area contributed by atoms with Crippen LogP contribution in [0.5, 0.6) is 0 Å². The molecule has 0 radical (unpaired) electrons. The van der Waals surface area contributed by atoms with E-state index < -0.39 is 0 Å². The highest BCUT2D eigenvalue weighted by atomic mass is 32.2. The van der Waals surface area contributed by atoms with Gasteiger partial charge in [-0.2, -0.15) is 11.8 Å². The summed E-state index contributed by atoms with van der Waals surface area (Å²) in [5, 5.41) is 13.6. The molecular formula is C11H18N2O3S2. The fourth-order valence-corrected chi connectivity index (χ4v) is 2.93. The Morgan fingerprint density at radius 1 is 1.67 bits per heavy atom. The van der Waals surface area contributed by atoms with Crippen LogP contribution >= 0.6 is 23.1 Å². The van der Waals surface area contributed by atoms with Gasteiger partial charge in [-0.1, -0.05) is 11.3 Å². The molecule has 2 atom stereocenters. The lowest BCUT2D eigenvalue weighted by atomic mass is 10.2. The summed E-state index contributed by atoms with van der Waals surface area (Å²) >= 11 is 2.59. The van der Waals surface area contributed by atoms with E-state index in [0.717, 1.165) is 17.0 Å². The van der Waals surface area contributed by atoms with Gasteiger partial charge in [0, 0.05) is 22.4 Å². The van der Waals surface area contributed by atoms with Crippen molar-refractivity contribution in [2.45, 2.75) is 31.7 Å². The van der Waals surface area contributed by atoms with Gasteiger partial charge >= 0.3 is 4.87 Å². The summed E-state index contributed by atoms with van der Waals surface area (Å²) in [6, 6.07) is -0.132. The highest BCUT2D eigenvalue weighted by Crippen LogP contribution is 2.10. The van der Waals surface area contributed by atoms with Crippen LogP contribution in [0.3, 0.4) is 0 Å². The molecule has 1 aromatic heterocycles. The summed E-state index contributed by atoms with van der Waals surface area (Å²) in [7, 11) is 0. The van der Waals surface area contributed by atoms with E-state index in [-0.39, 0.29) is 35.2 Å². The van der Waals surface area contributed by atoms with Gasteiger partial charge in [-0.05, 0) is 20.1 Å². The second-order valence-corrected chi connectivity index (χ2v) is 5.94. The first-order valence-corrected chi connectivity index (χ1v) is 7.74. The van der Waals surface area contributed by atoms with Crippen molar-refractivity contribution in [1.82, 2.24) is 9.88 Å². The van der Waals surface area contributed by atoms with E-state index in [1.807, 2.05) is 13.2 Å². The summed E-state index contributed by atoms with van der Waals surface area (Å²) in [6.07, 6.45) is 1.89. The zero-order valence-electron chi connectivity index (χ0n) is 10.7. The van der Waals surface area contributed by atoms with Crippen LogP contribution in [-0.2, 0) is 11.3 Å². The van der Waals surface area contributed by atoms with Gasteiger partial charge in [-0.25, -0.2) is 0 Å². The normalized spacial score (nSPS) is 14.2. The molecule has 2 N–H and O–H groups in total. The molecule has 1 aromatic rings. The molecule has 0 aliphatic carbocycles. The lowest BCUT2D eigenvalue weighted by molar-refractivity contribution is -0.122. The number of hydrogen-bond acceptors (Lipinski definition) is 5. The SMILES string of the molecule is CSC(CO)C(C)NC(=O)Cn1c(C)csc1=O. The Hall–Kier alpha value is -0.790. The third-order valence-electron chi connectivity index (χ3n) is 2.71. The van der Waals surface area contributed by atoms with E-state index in [1.165, 1.54) is 16.3 Å². The lowest BCUT2D eigenvalue weighted by Crippen LogP contribution is -2.43.